The summed E-state index contributed by atoms with van der Waals surface area (Å²) < 4.78 is 4.63. The molecule has 2 atom stereocenters. The van der Waals surface area contributed by atoms with Gasteiger partial charge in [0.15, 0.2) is 0 Å². The molecule has 0 aromatic rings. The summed E-state index contributed by atoms with van der Waals surface area (Å²) in [7, 11) is 1.25. The fraction of sp³-hybridized carbons (Fsp3) is 0.769. The lowest BCUT2D eigenvalue weighted by Crippen LogP contribution is -2.52. The minimum atomic E-state index is -1.05. The van der Waals surface area contributed by atoms with Crippen molar-refractivity contribution in [2.75, 3.05) is 7.11 Å². The van der Waals surface area contributed by atoms with Crippen molar-refractivity contribution in [3.63, 3.8) is 0 Å². The van der Waals surface area contributed by atoms with E-state index in [2.05, 4.69) is 15.4 Å². The number of methoxy groups -OCH3 is 1. The van der Waals surface area contributed by atoms with Crippen LogP contribution >= 0.6 is 0 Å². The molecule has 0 aromatic heterocycles. The maximum atomic E-state index is 11.8. The maximum Gasteiger partial charge on any atom is 0.328 e. The molecule has 0 bridgehead atoms. The summed E-state index contributed by atoms with van der Waals surface area (Å²) in [5.74, 6) is -1.41. The molecule has 0 heterocycles. The average Bonchev–Trinajstić information content (AvgIpc) is 3.17. The van der Waals surface area contributed by atoms with Crippen molar-refractivity contribution in [1.82, 2.24) is 10.6 Å². The molecule has 7 heteroatoms. The van der Waals surface area contributed by atoms with E-state index in [4.69, 9.17) is 5.11 Å². The third-order valence-corrected chi connectivity index (χ3v) is 3.14. The number of hydrogen-bond donors (Lipinski definition) is 3. The summed E-state index contributed by atoms with van der Waals surface area (Å²) in [5, 5.41) is 13.9. The van der Waals surface area contributed by atoms with Crippen LogP contribution in [-0.4, -0.2) is 42.3 Å². The molecule has 2 unspecified atom stereocenters. The number of nitrogens with one attached hydrogen (secondary N) is 2. The largest absolute Gasteiger partial charge is 0.480 e. The van der Waals surface area contributed by atoms with Crippen molar-refractivity contribution < 1.29 is 24.2 Å². The number of esters is 1. The second-order valence-corrected chi connectivity index (χ2v) is 5.48. The van der Waals surface area contributed by atoms with Crippen molar-refractivity contribution in [2.24, 2.45) is 11.8 Å². The lowest BCUT2D eigenvalue weighted by molar-refractivity contribution is -0.143. The van der Waals surface area contributed by atoms with Gasteiger partial charge in [-0.3, -0.25) is 0 Å². The zero-order valence-corrected chi connectivity index (χ0v) is 12.0. The Morgan fingerprint density at radius 2 is 1.85 bits per heavy atom. The summed E-state index contributed by atoms with van der Waals surface area (Å²) in [4.78, 5) is 34.4. The van der Waals surface area contributed by atoms with E-state index in [1.54, 1.807) is 0 Å². The molecule has 114 valence electrons. The Bertz CT molecular complexity index is 379. The summed E-state index contributed by atoms with van der Waals surface area (Å²) in [6.45, 7) is 3.83. The SMILES string of the molecule is COC(=O)C(CC(C)C)NC(=O)NC(C(=O)O)C1CC1. The second kappa shape index (κ2) is 7.12. The third-order valence-electron chi connectivity index (χ3n) is 3.14. The Morgan fingerprint density at radius 1 is 1.25 bits per heavy atom. The van der Waals surface area contributed by atoms with Gasteiger partial charge in [-0.2, -0.15) is 0 Å². The smallest absolute Gasteiger partial charge is 0.328 e. The molecule has 3 N–H and O–H groups in total. The molecule has 0 radical (unpaired) electrons. The predicted octanol–water partition coefficient (Wildman–Crippen LogP) is 0.737. The van der Waals surface area contributed by atoms with Gasteiger partial charge in [0, 0.05) is 0 Å². The van der Waals surface area contributed by atoms with E-state index in [0.717, 1.165) is 12.8 Å². The highest BCUT2D eigenvalue weighted by Crippen LogP contribution is 2.32. The van der Waals surface area contributed by atoms with Crippen LogP contribution in [0.25, 0.3) is 0 Å². The van der Waals surface area contributed by atoms with Crippen LogP contribution in [-0.2, 0) is 14.3 Å². The van der Waals surface area contributed by atoms with Gasteiger partial charge in [0.2, 0.25) is 0 Å². The first-order valence-corrected chi connectivity index (χ1v) is 6.72. The standard InChI is InChI=1S/C13H22N2O5/c1-7(2)6-9(12(18)20-3)14-13(19)15-10(11(16)17)8-4-5-8/h7-10H,4-6H2,1-3H3,(H,16,17)(H2,14,15,19). The monoisotopic (exact) mass is 286 g/mol. The van der Waals surface area contributed by atoms with Crippen LogP contribution < -0.4 is 10.6 Å². The topological polar surface area (TPSA) is 105 Å². The molecular formula is C13H22N2O5. The number of urea groups is 1. The third kappa shape index (κ3) is 5.07. The number of carboxylic acids is 1. The first-order chi connectivity index (χ1) is 9.35. The van der Waals surface area contributed by atoms with Gasteiger partial charge in [-0.15, -0.1) is 0 Å². The highest BCUT2D eigenvalue weighted by molar-refractivity contribution is 5.86. The quantitative estimate of drug-likeness (QED) is 0.599. The Hall–Kier alpha value is -1.79. The number of amides is 2. The summed E-state index contributed by atoms with van der Waals surface area (Å²) in [6.07, 6.45) is 2.02. The van der Waals surface area contributed by atoms with Crippen LogP contribution in [0.5, 0.6) is 0 Å². The predicted molar refractivity (Wildman–Crippen MR) is 71.1 cm³/mol. The van der Waals surface area contributed by atoms with Gasteiger partial charge < -0.3 is 20.5 Å². The van der Waals surface area contributed by atoms with Gasteiger partial charge in [-0.25, -0.2) is 14.4 Å². The van der Waals surface area contributed by atoms with Crippen molar-refractivity contribution in [3.8, 4) is 0 Å². The second-order valence-electron chi connectivity index (χ2n) is 5.48. The highest BCUT2D eigenvalue weighted by atomic mass is 16.5. The number of carboxylic acid groups (broad SMARTS) is 1. The summed E-state index contributed by atoms with van der Waals surface area (Å²) in [6, 6.07) is -2.32. The van der Waals surface area contributed by atoms with Crippen LogP contribution in [0.4, 0.5) is 4.79 Å². The molecule has 7 nitrogen and oxygen atoms in total. The van der Waals surface area contributed by atoms with Crippen LogP contribution in [0.1, 0.15) is 33.1 Å². The minimum absolute atomic E-state index is 0.0140. The van der Waals surface area contributed by atoms with Gasteiger partial charge in [0.05, 0.1) is 7.11 Å². The van der Waals surface area contributed by atoms with Crippen molar-refractivity contribution in [1.29, 1.82) is 0 Å². The first kappa shape index (κ1) is 16.3. The van der Waals surface area contributed by atoms with Crippen LogP contribution in [0.2, 0.25) is 0 Å². The van der Waals surface area contributed by atoms with Crippen molar-refractivity contribution in [3.05, 3.63) is 0 Å². The highest BCUT2D eigenvalue weighted by Gasteiger charge is 2.37. The number of carbonyl (C=O) groups is 3. The average molecular weight is 286 g/mol. The Balaban J connectivity index is 2.56. The molecule has 1 fully saturated rings. The van der Waals surface area contributed by atoms with Gasteiger partial charge in [-0.1, -0.05) is 13.8 Å². The molecular weight excluding hydrogens is 264 g/mol. The van der Waals surface area contributed by atoms with Crippen LogP contribution in [0, 0.1) is 11.8 Å². The summed E-state index contributed by atoms with van der Waals surface area (Å²) in [5.41, 5.74) is 0. The fourth-order valence-electron chi connectivity index (χ4n) is 1.98. The minimum Gasteiger partial charge on any atom is -0.480 e. The molecule has 0 aromatic carbocycles. The van der Waals surface area contributed by atoms with E-state index in [-0.39, 0.29) is 11.8 Å². The number of hydrogen-bond acceptors (Lipinski definition) is 4. The molecule has 0 saturated heterocycles. The van der Waals surface area contributed by atoms with E-state index in [1.165, 1.54) is 7.11 Å². The fourth-order valence-corrected chi connectivity index (χ4v) is 1.98. The lowest BCUT2D eigenvalue weighted by Gasteiger charge is -2.20. The molecule has 1 aliphatic rings. The normalized spacial score (nSPS) is 17.2. The molecule has 0 spiro atoms. The summed E-state index contributed by atoms with van der Waals surface area (Å²) >= 11 is 0. The molecule has 1 rings (SSSR count). The first-order valence-electron chi connectivity index (χ1n) is 6.72. The molecule has 20 heavy (non-hydrogen) atoms. The van der Waals surface area contributed by atoms with Gasteiger partial charge in [-0.05, 0) is 31.1 Å². The number of ether oxygens (including phenoxy) is 1. The lowest BCUT2D eigenvalue weighted by atomic mass is 10.0. The van der Waals surface area contributed by atoms with E-state index in [1.807, 2.05) is 13.8 Å². The zero-order chi connectivity index (χ0) is 15.3. The van der Waals surface area contributed by atoms with Crippen LogP contribution in [0.3, 0.4) is 0 Å². The molecule has 2 amide bonds. The Morgan fingerprint density at radius 3 is 2.25 bits per heavy atom. The number of carbonyl (C=O) groups excluding carboxylic acids is 2. The Labute approximate surface area is 118 Å². The van der Waals surface area contributed by atoms with E-state index in [9.17, 15) is 14.4 Å². The maximum absolute atomic E-state index is 11.8. The number of rotatable bonds is 7. The van der Waals surface area contributed by atoms with Crippen LogP contribution in [0.15, 0.2) is 0 Å². The van der Waals surface area contributed by atoms with Gasteiger partial charge >= 0.3 is 18.0 Å². The Kier molecular flexibility index (Phi) is 5.79. The van der Waals surface area contributed by atoms with Gasteiger partial charge in [0.25, 0.3) is 0 Å². The van der Waals surface area contributed by atoms with Crippen molar-refractivity contribution in [2.45, 2.75) is 45.2 Å². The van der Waals surface area contributed by atoms with E-state index >= 15 is 0 Å². The van der Waals surface area contributed by atoms with E-state index in [0.29, 0.717) is 6.42 Å². The molecule has 0 aliphatic heterocycles. The van der Waals surface area contributed by atoms with E-state index < -0.39 is 30.1 Å². The van der Waals surface area contributed by atoms with Crippen molar-refractivity contribution >= 4 is 18.0 Å². The molecule has 1 saturated carbocycles. The molecule has 1 aliphatic carbocycles. The van der Waals surface area contributed by atoms with Gasteiger partial charge in [0.1, 0.15) is 12.1 Å². The zero-order valence-electron chi connectivity index (χ0n) is 12.0. The number of aliphatic carboxylic acids is 1.